The van der Waals surface area contributed by atoms with Crippen LogP contribution in [0.4, 0.5) is 0 Å². The molecule has 0 spiro atoms. The molecule has 0 saturated heterocycles. The topological polar surface area (TPSA) is 49.7 Å². The molecular formula is C45H49ClO3Si. The Hall–Kier alpha value is -4.13. The van der Waals surface area contributed by atoms with Crippen LogP contribution in [0.25, 0.3) is 43.1 Å². The predicted molar refractivity (Wildman–Crippen MR) is 218 cm³/mol. The number of terminal acetylenes is 1. The first kappa shape index (κ1) is 38.7. The molecule has 50 heavy (non-hydrogen) atoms. The van der Waals surface area contributed by atoms with E-state index in [4.69, 9.17) is 27.6 Å². The second-order valence-corrected chi connectivity index (χ2v) is 19.1. The van der Waals surface area contributed by atoms with Gasteiger partial charge in [0.15, 0.2) is 8.32 Å². The van der Waals surface area contributed by atoms with Crippen molar-refractivity contribution >= 4 is 63.0 Å². The summed E-state index contributed by atoms with van der Waals surface area (Å²) in [6, 6.07) is 37.1. The van der Waals surface area contributed by atoms with Crippen molar-refractivity contribution in [2.24, 2.45) is 0 Å². The Bertz CT molecular complexity index is 2040. The van der Waals surface area contributed by atoms with Crippen LogP contribution in [-0.4, -0.2) is 37.3 Å². The van der Waals surface area contributed by atoms with Crippen molar-refractivity contribution in [3.8, 4) is 24.2 Å². The van der Waals surface area contributed by atoms with Crippen LogP contribution in [0.1, 0.15) is 52.5 Å². The highest BCUT2D eigenvalue weighted by molar-refractivity contribution is 6.74. The molecule has 0 fully saturated rings. The number of rotatable bonds is 6. The van der Waals surface area contributed by atoms with Crippen molar-refractivity contribution in [1.29, 1.82) is 0 Å². The molecule has 0 heterocycles. The van der Waals surface area contributed by atoms with E-state index < -0.39 is 14.4 Å². The number of benzene rings is 6. The highest BCUT2D eigenvalue weighted by atomic mass is 35.5. The summed E-state index contributed by atoms with van der Waals surface area (Å²) in [6.45, 7) is 13.2. The van der Waals surface area contributed by atoms with Crippen LogP contribution in [0.5, 0.6) is 0 Å². The molecule has 0 aromatic heterocycles. The van der Waals surface area contributed by atoms with Crippen molar-refractivity contribution in [3.63, 3.8) is 0 Å². The third kappa shape index (κ3) is 9.76. The number of fused-ring (bicyclic) bond motifs is 4. The summed E-state index contributed by atoms with van der Waals surface area (Å²) in [5.41, 5.74) is 0.980. The van der Waals surface area contributed by atoms with Crippen molar-refractivity contribution in [2.45, 2.75) is 77.3 Å². The molecule has 0 amide bonds. The van der Waals surface area contributed by atoms with Gasteiger partial charge in [-0.2, -0.15) is 0 Å². The summed E-state index contributed by atoms with van der Waals surface area (Å²) in [5, 5.41) is 28.6. The van der Waals surface area contributed by atoms with E-state index in [-0.39, 0.29) is 24.2 Å². The molecule has 6 aromatic rings. The zero-order valence-electron chi connectivity index (χ0n) is 30.1. The molecule has 2 N–H and O–H groups in total. The summed E-state index contributed by atoms with van der Waals surface area (Å²) in [7, 11) is -1.62. The van der Waals surface area contributed by atoms with E-state index in [0.717, 1.165) is 55.7 Å². The first-order valence-electron chi connectivity index (χ1n) is 17.3. The molecule has 0 unspecified atom stereocenters. The molecule has 6 rings (SSSR count). The van der Waals surface area contributed by atoms with Crippen LogP contribution in [0.3, 0.4) is 0 Å². The Morgan fingerprint density at radius 3 is 1.56 bits per heavy atom. The molecule has 0 aliphatic heterocycles. The van der Waals surface area contributed by atoms with Gasteiger partial charge in [-0.15, -0.1) is 12.3 Å². The lowest BCUT2D eigenvalue weighted by Crippen LogP contribution is -2.43. The number of aliphatic hydroxyl groups is 2. The summed E-state index contributed by atoms with van der Waals surface area (Å²) in [4.78, 5) is 0. The fourth-order valence-electron chi connectivity index (χ4n) is 5.42. The maximum atomic E-state index is 9.41. The third-order valence-corrected chi connectivity index (χ3v) is 14.2. The minimum atomic E-state index is -1.62. The predicted octanol–water partition coefficient (Wildman–Crippen LogP) is 11.5. The minimum absolute atomic E-state index is 0.251. The van der Waals surface area contributed by atoms with Gasteiger partial charge in [0.25, 0.3) is 0 Å². The fraction of sp³-hybridized carbons (Fsp3) is 0.289. The maximum absolute atomic E-state index is 9.41. The van der Waals surface area contributed by atoms with Gasteiger partial charge < -0.3 is 14.6 Å². The number of hydrogen-bond acceptors (Lipinski definition) is 3. The van der Waals surface area contributed by atoms with Crippen LogP contribution < -0.4 is 0 Å². The Morgan fingerprint density at radius 1 is 0.740 bits per heavy atom. The van der Waals surface area contributed by atoms with Gasteiger partial charge in [0.05, 0.1) is 23.8 Å². The van der Waals surface area contributed by atoms with Gasteiger partial charge in [-0.05, 0) is 69.0 Å². The lowest BCUT2D eigenvalue weighted by Gasteiger charge is -2.38. The van der Waals surface area contributed by atoms with Gasteiger partial charge in [-0.3, -0.25) is 0 Å². The highest BCUT2D eigenvalue weighted by Gasteiger charge is 2.38. The maximum Gasteiger partial charge on any atom is 0.192 e. The van der Waals surface area contributed by atoms with E-state index >= 15 is 0 Å². The van der Waals surface area contributed by atoms with Gasteiger partial charge in [0.2, 0.25) is 0 Å². The molecule has 258 valence electrons. The van der Waals surface area contributed by atoms with Crippen LogP contribution in [-0.2, 0) is 4.43 Å². The van der Waals surface area contributed by atoms with Gasteiger partial charge in [0.1, 0.15) is 0 Å². The Balaban J connectivity index is 0.000000174. The summed E-state index contributed by atoms with van der Waals surface area (Å²) in [6.07, 6.45) is 6.81. The van der Waals surface area contributed by atoms with E-state index in [1.807, 2.05) is 48.5 Å². The van der Waals surface area contributed by atoms with E-state index in [0.29, 0.717) is 0 Å². The second kappa shape index (κ2) is 17.7. The molecule has 0 radical (unpaired) electrons. The molecular weight excluding hydrogens is 652 g/mol. The average molecular weight is 701 g/mol. The Kier molecular flexibility index (Phi) is 13.7. The molecule has 0 aliphatic carbocycles. The molecule has 5 heteroatoms. The number of halogens is 1. The highest BCUT2D eigenvalue weighted by Crippen LogP contribution is 2.38. The molecule has 2 atom stereocenters. The fourth-order valence-corrected chi connectivity index (χ4v) is 7.20. The van der Waals surface area contributed by atoms with Crippen molar-refractivity contribution in [3.05, 3.63) is 120 Å². The second-order valence-electron chi connectivity index (χ2n) is 14.0. The van der Waals surface area contributed by atoms with Gasteiger partial charge >= 0.3 is 0 Å². The van der Waals surface area contributed by atoms with Gasteiger partial charge in [0, 0.05) is 29.2 Å². The van der Waals surface area contributed by atoms with E-state index in [1.165, 1.54) is 10.8 Å². The van der Waals surface area contributed by atoms with Crippen molar-refractivity contribution < 1.29 is 14.6 Å². The van der Waals surface area contributed by atoms with Crippen molar-refractivity contribution in [1.82, 2.24) is 0 Å². The number of aliphatic hydroxyl groups excluding tert-OH is 2. The summed E-state index contributed by atoms with van der Waals surface area (Å²) in [5.74, 6) is 8.84. The lowest BCUT2D eigenvalue weighted by atomic mass is 9.97. The smallest absolute Gasteiger partial charge is 0.192 e. The summed E-state index contributed by atoms with van der Waals surface area (Å²) >= 11 is 6.37. The first-order valence-corrected chi connectivity index (χ1v) is 20.5. The Morgan fingerprint density at radius 2 is 1.16 bits per heavy atom. The minimum Gasteiger partial charge on any atom is -0.413 e. The van der Waals surface area contributed by atoms with Crippen LogP contribution in [0, 0.1) is 24.2 Å². The normalized spacial score (nSPS) is 12.6. The lowest BCUT2D eigenvalue weighted by molar-refractivity contribution is 0.0992. The zero-order chi connectivity index (χ0) is 36.3. The number of hydrogen-bond donors (Lipinski definition) is 2. The van der Waals surface area contributed by atoms with E-state index in [9.17, 15) is 5.11 Å². The van der Waals surface area contributed by atoms with Gasteiger partial charge in [-0.1, -0.05) is 148 Å². The molecule has 0 aliphatic rings. The molecule has 0 bridgehead atoms. The third-order valence-electron chi connectivity index (χ3n) is 9.31. The van der Waals surface area contributed by atoms with E-state index in [2.05, 4.69) is 119 Å². The van der Waals surface area contributed by atoms with Crippen LogP contribution in [0.15, 0.2) is 109 Å². The van der Waals surface area contributed by atoms with Crippen LogP contribution >= 0.6 is 11.6 Å². The zero-order valence-corrected chi connectivity index (χ0v) is 31.9. The van der Waals surface area contributed by atoms with Crippen LogP contribution in [0.2, 0.25) is 23.2 Å². The summed E-state index contributed by atoms with van der Waals surface area (Å²) < 4.78 is 6.19. The molecule has 3 nitrogen and oxygen atoms in total. The molecule has 0 saturated carbocycles. The first-order chi connectivity index (χ1) is 23.9. The average Bonchev–Trinajstić information content (AvgIpc) is 3.11. The standard InChI is InChI=1S/C19H16O2.C14H9Cl.C12H24OSi/c20-13-16(21)8-5-11-19-17-9-3-1-6-14(17)12-15-7-2-4-10-18(15)19;15-14-12-7-3-1-5-10(12)9-11-6-2-4-8-13(11)14;1-8-10-11(9-2)13-14(6,7)12(3,4)5/h1-4,6-7,9-10,12,16,20-21H,8,13H2;1-9H;1,11H,9-10H2,2-7H3/t16-;;11-/m0.1/s1. The Labute approximate surface area is 304 Å². The SMILES string of the molecule is C#CC[C@@H](CC)O[Si](C)(C)C(C)(C)C.Clc1c2ccccc2cc2ccccc12.OC[C@@H](O)CC#Cc1c2ccccc2cc2ccccc12. The largest absolute Gasteiger partial charge is 0.413 e. The monoisotopic (exact) mass is 700 g/mol. The van der Waals surface area contributed by atoms with Crippen molar-refractivity contribution in [2.75, 3.05) is 6.61 Å². The molecule has 6 aromatic carbocycles. The quantitative estimate of drug-likeness (QED) is 0.103. The van der Waals surface area contributed by atoms with Gasteiger partial charge in [-0.25, -0.2) is 0 Å². The van der Waals surface area contributed by atoms with E-state index in [1.54, 1.807) is 0 Å².